The van der Waals surface area contributed by atoms with Gasteiger partial charge in [0, 0.05) is 12.6 Å². The van der Waals surface area contributed by atoms with Crippen molar-refractivity contribution in [3.05, 3.63) is 47.9 Å². The third kappa shape index (κ3) is 3.39. The Morgan fingerprint density at radius 3 is 2.71 bits per heavy atom. The zero-order chi connectivity index (χ0) is 15.5. The summed E-state index contributed by atoms with van der Waals surface area (Å²) in [5.74, 6) is -0.719. The number of oxazole rings is 1. The molecule has 0 unspecified atom stereocenters. The number of pyridine rings is 1. The van der Waals surface area contributed by atoms with Crippen LogP contribution in [-0.4, -0.2) is 22.1 Å². The van der Waals surface area contributed by atoms with Gasteiger partial charge in [0.25, 0.3) is 5.91 Å². The van der Waals surface area contributed by atoms with Gasteiger partial charge in [-0.1, -0.05) is 13.0 Å². The van der Waals surface area contributed by atoms with Gasteiger partial charge >= 0.3 is 6.18 Å². The van der Waals surface area contributed by atoms with Crippen LogP contribution in [0.1, 0.15) is 34.9 Å². The van der Waals surface area contributed by atoms with Crippen LogP contribution in [0.4, 0.5) is 13.2 Å². The fraction of sp³-hybridized carbons (Fsp3) is 0.308. The molecule has 0 aliphatic carbocycles. The summed E-state index contributed by atoms with van der Waals surface area (Å²) < 4.78 is 44.2. The van der Waals surface area contributed by atoms with Crippen LogP contribution in [0.3, 0.4) is 0 Å². The number of nitrogens with one attached hydrogen (secondary N) is 1. The molecular weight excluding hydrogens is 287 g/mol. The van der Waals surface area contributed by atoms with Gasteiger partial charge in [-0.25, -0.2) is 4.98 Å². The summed E-state index contributed by atoms with van der Waals surface area (Å²) in [5, 5.41) is 1.90. The molecule has 0 radical (unpaired) electrons. The molecule has 2 rings (SSSR count). The second kappa shape index (κ2) is 5.94. The van der Waals surface area contributed by atoms with Gasteiger partial charge in [-0.05, 0) is 12.1 Å². The fourth-order valence-corrected chi connectivity index (χ4v) is 1.78. The number of carbonyl (C=O) groups excluding carboxylic acids is 1. The number of hydrogen-bond donors (Lipinski definition) is 1. The molecule has 0 bridgehead atoms. The quantitative estimate of drug-likeness (QED) is 0.942. The highest BCUT2D eigenvalue weighted by Crippen LogP contribution is 2.31. The lowest BCUT2D eigenvalue weighted by Gasteiger charge is -2.20. The largest absolute Gasteiger partial charge is 0.448 e. The number of aromatic nitrogens is 2. The van der Waals surface area contributed by atoms with E-state index in [2.05, 4.69) is 9.97 Å². The van der Waals surface area contributed by atoms with Gasteiger partial charge in [0.2, 0.25) is 0 Å². The number of rotatable bonds is 4. The number of carbonyl (C=O) groups is 1. The summed E-state index contributed by atoms with van der Waals surface area (Å²) >= 11 is 0. The lowest BCUT2D eigenvalue weighted by molar-refractivity contribution is -0.156. The molecular formula is C13H12F3N3O2. The molecule has 5 nitrogen and oxygen atoms in total. The summed E-state index contributed by atoms with van der Waals surface area (Å²) in [7, 11) is 0. The summed E-state index contributed by atoms with van der Waals surface area (Å²) in [4.78, 5) is 19.2. The molecule has 8 heteroatoms. The molecule has 112 valence electrons. The molecule has 1 N–H and O–H groups in total. The maximum Gasteiger partial charge on any atom is 0.414 e. The maximum absolute atomic E-state index is 13.1. The maximum atomic E-state index is 13.1. The van der Waals surface area contributed by atoms with Crippen LogP contribution in [0, 0.1) is 0 Å². The van der Waals surface area contributed by atoms with Gasteiger partial charge in [0.1, 0.15) is 5.76 Å². The molecule has 0 aromatic carbocycles. The second-order valence-corrected chi connectivity index (χ2v) is 4.18. The number of aryl methyl sites for hydroxylation is 1. The molecule has 0 aliphatic heterocycles. The Morgan fingerprint density at radius 1 is 1.38 bits per heavy atom. The minimum absolute atomic E-state index is 0.150. The van der Waals surface area contributed by atoms with Crippen LogP contribution in [-0.2, 0) is 6.42 Å². The molecule has 0 saturated carbocycles. The Balaban J connectivity index is 2.26. The van der Waals surface area contributed by atoms with Crippen molar-refractivity contribution >= 4 is 5.91 Å². The number of hydrogen-bond acceptors (Lipinski definition) is 4. The van der Waals surface area contributed by atoms with E-state index < -0.39 is 18.1 Å². The van der Waals surface area contributed by atoms with Crippen LogP contribution in [0.5, 0.6) is 0 Å². The van der Waals surface area contributed by atoms with Crippen molar-refractivity contribution in [1.29, 1.82) is 0 Å². The van der Waals surface area contributed by atoms with E-state index in [4.69, 9.17) is 4.42 Å². The van der Waals surface area contributed by atoms with Gasteiger partial charge in [0.05, 0.1) is 5.69 Å². The van der Waals surface area contributed by atoms with Crippen LogP contribution >= 0.6 is 0 Å². The minimum atomic E-state index is -4.67. The van der Waals surface area contributed by atoms with Gasteiger partial charge in [-0.2, -0.15) is 13.2 Å². The Morgan fingerprint density at radius 2 is 2.14 bits per heavy atom. The molecule has 0 fully saturated rings. The smallest absolute Gasteiger partial charge is 0.414 e. The van der Waals surface area contributed by atoms with Gasteiger partial charge < -0.3 is 9.73 Å². The third-order valence-electron chi connectivity index (χ3n) is 2.76. The van der Waals surface area contributed by atoms with Crippen LogP contribution in [0.25, 0.3) is 0 Å². The fourth-order valence-electron chi connectivity index (χ4n) is 1.78. The average Bonchev–Trinajstić information content (AvgIpc) is 2.92. The summed E-state index contributed by atoms with van der Waals surface area (Å²) in [6, 6.07) is 1.90. The first-order chi connectivity index (χ1) is 9.93. The van der Waals surface area contributed by atoms with Gasteiger partial charge in [-0.15, -0.1) is 0 Å². The topological polar surface area (TPSA) is 68.0 Å². The molecule has 2 heterocycles. The van der Waals surface area contributed by atoms with E-state index in [-0.39, 0.29) is 17.1 Å². The minimum Gasteiger partial charge on any atom is -0.448 e. The number of nitrogens with zero attached hydrogens (tertiary/aromatic N) is 2. The molecule has 0 aliphatic rings. The lowest BCUT2D eigenvalue weighted by Crippen LogP contribution is -2.39. The molecule has 21 heavy (non-hydrogen) atoms. The van der Waals surface area contributed by atoms with E-state index in [0.29, 0.717) is 6.42 Å². The van der Waals surface area contributed by atoms with Crippen molar-refractivity contribution in [3.63, 3.8) is 0 Å². The zero-order valence-electron chi connectivity index (χ0n) is 11.0. The van der Waals surface area contributed by atoms with E-state index in [1.165, 1.54) is 24.4 Å². The SMILES string of the molecule is CCc1ocnc1C(=O)N[C@H](c1ccccn1)C(F)(F)F. The Hall–Kier alpha value is -2.38. The normalized spacial score (nSPS) is 13.0. The van der Waals surface area contributed by atoms with Crippen molar-refractivity contribution < 1.29 is 22.4 Å². The van der Waals surface area contributed by atoms with Crippen molar-refractivity contribution in [1.82, 2.24) is 15.3 Å². The summed E-state index contributed by atoms with van der Waals surface area (Å²) in [6.45, 7) is 1.71. The van der Waals surface area contributed by atoms with E-state index in [1.54, 1.807) is 6.92 Å². The highest BCUT2D eigenvalue weighted by molar-refractivity contribution is 5.93. The molecule has 0 spiro atoms. The molecule has 0 saturated heterocycles. The van der Waals surface area contributed by atoms with Crippen molar-refractivity contribution in [2.24, 2.45) is 0 Å². The molecule has 1 amide bonds. The Labute approximate surface area is 118 Å². The highest BCUT2D eigenvalue weighted by Gasteiger charge is 2.43. The predicted octanol–water partition coefficient (Wildman–Crippen LogP) is 2.67. The van der Waals surface area contributed by atoms with E-state index in [9.17, 15) is 18.0 Å². The standard InChI is InChI=1S/C13H12F3N3O2/c1-2-9-10(18-7-21-9)12(20)19-11(13(14,15)16)8-5-3-4-6-17-8/h3-7,11H,2H2,1H3,(H,19,20)/t11-/m1/s1. The highest BCUT2D eigenvalue weighted by atomic mass is 19.4. The van der Waals surface area contributed by atoms with Crippen LogP contribution in [0.2, 0.25) is 0 Å². The number of amides is 1. The first-order valence-corrected chi connectivity index (χ1v) is 6.14. The first-order valence-electron chi connectivity index (χ1n) is 6.14. The zero-order valence-corrected chi connectivity index (χ0v) is 11.0. The Kier molecular flexibility index (Phi) is 4.25. The molecule has 2 aromatic rings. The second-order valence-electron chi connectivity index (χ2n) is 4.18. The summed E-state index contributed by atoms with van der Waals surface area (Å²) in [6.07, 6.45) is -2.06. The number of alkyl halides is 3. The van der Waals surface area contributed by atoms with E-state index >= 15 is 0 Å². The van der Waals surface area contributed by atoms with Crippen molar-refractivity contribution in [2.45, 2.75) is 25.6 Å². The van der Waals surface area contributed by atoms with Crippen LogP contribution < -0.4 is 5.32 Å². The van der Waals surface area contributed by atoms with E-state index in [1.807, 2.05) is 5.32 Å². The predicted molar refractivity (Wildman–Crippen MR) is 66.4 cm³/mol. The number of halogens is 3. The van der Waals surface area contributed by atoms with E-state index in [0.717, 1.165) is 6.39 Å². The Bertz CT molecular complexity index is 611. The molecule has 1 atom stereocenters. The van der Waals surface area contributed by atoms with Crippen LogP contribution in [0.15, 0.2) is 35.2 Å². The average molecular weight is 299 g/mol. The van der Waals surface area contributed by atoms with Crippen molar-refractivity contribution in [2.75, 3.05) is 0 Å². The van der Waals surface area contributed by atoms with Crippen molar-refractivity contribution in [3.8, 4) is 0 Å². The lowest BCUT2D eigenvalue weighted by atomic mass is 10.1. The monoisotopic (exact) mass is 299 g/mol. The van der Waals surface area contributed by atoms with Gasteiger partial charge in [0.15, 0.2) is 18.1 Å². The molecule has 2 aromatic heterocycles. The third-order valence-corrected chi connectivity index (χ3v) is 2.76. The first kappa shape index (κ1) is 15.0. The van der Waals surface area contributed by atoms with Gasteiger partial charge in [-0.3, -0.25) is 9.78 Å². The summed E-state index contributed by atoms with van der Waals surface area (Å²) in [5.41, 5.74) is -0.442.